The SMILES string of the molecule is OC[C@H]1O[C@@H](n2cnc3c(NCc4cccc(F)c4)nc(Cl)nc32)[C@@H](F)[C@@H]1O. The third-order valence-corrected chi connectivity index (χ3v) is 4.66. The summed E-state index contributed by atoms with van der Waals surface area (Å²) >= 11 is 6.00. The highest BCUT2D eigenvalue weighted by Crippen LogP contribution is 2.34. The number of alkyl halides is 1. The summed E-state index contributed by atoms with van der Waals surface area (Å²) in [5, 5.41) is 22.0. The second kappa shape index (κ2) is 7.55. The van der Waals surface area contributed by atoms with Gasteiger partial charge in [-0.25, -0.2) is 13.8 Å². The Morgan fingerprint density at radius 2 is 2.14 bits per heavy atom. The predicted octanol–water partition coefficient (Wildman–Crippen LogP) is 1.82. The molecule has 1 aromatic carbocycles. The molecule has 3 heterocycles. The minimum atomic E-state index is -1.79. The third kappa shape index (κ3) is 3.39. The minimum Gasteiger partial charge on any atom is -0.394 e. The highest BCUT2D eigenvalue weighted by Gasteiger charge is 2.45. The fourth-order valence-electron chi connectivity index (χ4n) is 3.11. The number of anilines is 1. The van der Waals surface area contributed by atoms with Gasteiger partial charge in [-0.2, -0.15) is 9.97 Å². The molecule has 0 unspecified atom stereocenters. The summed E-state index contributed by atoms with van der Waals surface area (Å²) in [6.07, 6.45) is -4.24. The Kier molecular flexibility index (Phi) is 5.11. The zero-order valence-corrected chi connectivity index (χ0v) is 15.1. The van der Waals surface area contributed by atoms with Gasteiger partial charge in [0.05, 0.1) is 12.9 Å². The Bertz CT molecular complexity index is 1000. The molecule has 3 N–H and O–H groups in total. The van der Waals surface area contributed by atoms with Crippen molar-refractivity contribution in [1.29, 1.82) is 0 Å². The molecule has 0 amide bonds. The number of aliphatic hydroxyl groups is 2. The van der Waals surface area contributed by atoms with Gasteiger partial charge in [-0.05, 0) is 29.3 Å². The van der Waals surface area contributed by atoms with Crippen LogP contribution in [0.4, 0.5) is 14.6 Å². The minimum absolute atomic E-state index is 0.108. The van der Waals surface area contributed by atoms with Crippen LogP contribution in [-0.4, -0.2) is 54.7 Å². The summed E-state index contributed by atoms with van der Waals surface area (Å²) < 4.78 is 34.5. The van der Waals surface area contributed by atoms with Crippen molar-refractivity contribution in [3.63, 3.8) is 0 Å². The highest BCUT2D eigenvalue weighted by molar-refractivity contribution is 6.28. The van der Waals surface area contributed by atoms with E-state index in [-0.39, 0.29) is 29.1 Å². The maximum atomic E-state index is 14.5. The number of imidazole rings is 1. The van der Waals surface area contributed by atoms with E-state index in [1.54, 1.807) is 12.1 Å². The van der Waals surface area contributed by atoms with Gasteiger partial charge in [0.15, 0.2) is 29.4 Å². The van der Waals surface area contributed by atoms with Crippen molar-refractivity contribution in [3.05, 3.63) is 47.3 Å². The summed E-state index contributed by atoms with van der Waals surface area (Å²) in [5.74, 6) is -0.0792. The van der Waals surface area contributed by atoms with Crippen molar-refractivity contribution in [1.82, 2.24) is 19.5 Å². The molecular formula is C17H16ClF2N5O3. The standard InChI is InChI=1S/C17H16ClF2N5O3/c18-17-23-14(21-5-8-2-1-3-9(19)4-8)12-15(24-17)25(7-22-12)16-11(20)13(27)10(6-26)28-16/h1-4,7,10-11,13,16,26-27H,5-6H2,(H,21,23,24)/t10-,11+,13-,16-/m1/s1. The first-order valence-electron chi connectivity index (χ1n) is 8.44. The Hall–Kier alpha value is -2.40. The predicted molar refractivity (Wildman–Crippen MR) is 96.0 cm³/mol. The largest absolute Gasteiger partial charge is 0.394 e. The average Bonchev–Trinajstić information content (AvgIpc) is 3.21. The Balaban J connectivity index is 1.65. The van der Waals surface area contributed by atoms with Crippen LogP contribution >= 0.6 is 11.6 Å². The van der Waals surface area contributed by atoms with E-state index in [2.05, 4.69) is 20.3 Å². The van der Waals surface area contributed by atoms with E-state index in [1.165, 1.54) is 23.0 Å². The molecule has 28 heavy (non-hydrogen) atoms. The van der Waals surface area contributed by atoms with E-state index in [0.29, 0.717) is 11.1 Å². The molecule has 1 aliphatic heterocycles. The zero-order chi connectivity index (χ0) is 19.8. The topological polar surface area (TPSA) is 105 Å². The molecule has 8 nitrogen and oxygen atoms in total. The molecule has 11 heteroatoms. The van der Waals surface area contributed by atoms with Gasteiger partial charge < -0.3 is 20.3 Å². The quantitative estimate of drug-likeness (QED) is 0.550. The molecule has 1 saturated heterocycles. The fourth-order valence-corrected chi connectivity index (χ4v) is 3.28. The van der Waals surface area contributed by atoms with Crippen LogP contribution in [0, 0.1) is 5.82 Å². The number of nitrogens with zero attached hydrogens (tertiary/aromatic N) is 4. The van der Waals surface area contributed by atoms with Crippen LogP contribution in [0.5, 0.6) is 0 Å². The molecule has 148 valence electrons. The summed E-state index contributed by atoms with van der Waals surface area (Å²) in [6.45, 7) is -0.273. The maximum Gasteiger partial charge on any atom is 0.226 e. The number of hydrogen-bond acceptors (Lipinski definition) is 7. The fraction of sp³-hybridized carbons (Fsp3) is 0.353. The lowest BCUT2D eigenvalue weighted by molar-refractivity contribution is -0.0459. The first-order valence-corrected chi connectivity index (χ1v) is 8.82. The van der Waals surface area contributed by atoms with Crippen molar-refractivity contribution < 1.29 is 23.7 Å². The van der Waals surface area contributed by atoms with E-state index in [1.807, 2.05) is 0 Å². The number of ether oxygens (including phenoxy) is 1. The number of rotatable bonds is 5. The number of nitrogens with one attached hydrogen (secondary N) is 1. The van der Waals surface area contributed by atoms with Crippen LogP contribution in [0.1, 0.15) is 11.8 Å². The first-order chi connectivity index (χ1) is 13.5. The number of halogens is 3. The number of hydrogen-bond donors (Lipinski definition) is 3. The summed E-state index contributed by atoms with van der Waals surface area (Å²) in [5.41, 5.74) is 1.18. The van der Waals surface area contributed by atoms with Gasteiger partial charge >= 0.3 is 0 Å². The number of aliphatic hydroxyl groups excluding tert-OH is 2. The second-order valence-corrected chi connectivity index (χ2v) is 6.67. The van der Waals surface area contributed by atoms with Crippen molar-refractivity contribution in [2.45, 2.75) is 31.2 Å². The van der Waals surface area contributed by atoms with E-state index in [9.17, 15) is 19.0 Å². The van der Waals surface area contributed by atoms with Crippen molar-refractivity contribution >= 4 is 28.6 Å². The summed E-state index contributed by atoms with van der Waals surface area (Å²) in [4.78, 5) is 12.4. The van der Waals surface area contributed by atoms with Gasteiger partial charge in [-0.15, -0.1) is 0 Å². The molecular weight excluding hydrogens is 396 g/mol. The monoisotopic (exact) mass is 411 g/mol. The normalized spacial score (nSPS) is 24.8. The Morgan fingerprint density at radius 1 is 1.32 bits per heavy atom. The van der Waals surface area contributed by atoms with E-state index < -0.39 is 31.2 Å². The van der Waals surface area contributed by atoms with E-state index >= 15 is 0 Å². The van der Waals surface area contributed by atoms with Crippen molar-refractivity contribution in [3.8, 4) is 0 Å². The first kappa shape index (κ1) is 18.9. The lowest BCUT2D eigenvalue weighted by Crippen LogP contribution is -2.30. The smallest absolute Gasteiger partial charge is 0.226 e. The van der Waals surface area contributed by atoms with Crippen LogP contribution in [0.2, 0.25) is 5.28 Å². The van der Waals surface area contributed by atoms with E-state index in [4.69, 9.17) is 16.3 Å². The Morgan fingerprint density at radius 3 is 2.86 bits per heavy atom. The zero-order valence-electron chi connectivity index (χ0n) is 14.3. The summed E-state index contributed by atoms with van der Waals surface area (Å²) in [6, 6.07) is 6.05. The Labute approximate surface area is 162 Å². The molecule has 0 radical (unpaired) electrons. The second-order valence-electron chi connectivity index (χ2n) is 6.33. The lowest BCUT2D eigenvalue weighted by atomic mass is 10.1. The molecule has 0 spiro atoms. The van der Waals surface area contributed by atoms with Gasteiger partial charge in [0.1, 0.15) is 18.0 Å². The molecule has 1 aliphatic rings. The highest BCUT2D eigenvalue weighted by atomic mass is 35.5. The van der Waals surface area contributed by atoms with Crippen LogP contribution in [0.3, 0.4) is 0 Å². The molecule has 0 saturated carbocycles. The summed E-state index contributed by atoms with van der Waals surface area (Å²) in [7, 11) is 0. The van der Waals surface area contributed by atoms with Crippen LogP contribution < -0.4 is 5.32 Å². The van der Waals surface area contributed by atoms with Gasteiger partial charge in [0.25, 0.3) is 0 Å². The molecule has 4 rings (SSSR count). The van der Waals surface area contributed by atoms with Gasteiger partial charge in [0, 0.05) is 6.54 Å². The average molecular weight is 412 g/mol. The maximum absolute atomic E-state index is 14.5. The number of fused-ring (bicyclic) bond motifs is 1. The lowest BCUT2D eigenvalue weighted by Gasteiger charge is -2.15. The third-order valence-electron chi connectivity index (χ3n) is 4.49. The van der Waals surface area contributed by atoms with Crippen molar-refractivity contribution in [2.75, 3.05) is 11.9 Å². The van der Waals surface area contributed by atoms with E-state index in [0.717, 1.165) is 0 Å². The molecule has 1 fully saturated rings. The molecule has 4 atom stereocenters. The number of benzene rings is 1. The molecule has 0 bridgehead atoms. The van der Waals surface area contributed by atoms with Crippen LogP contribution in [0.15, 0.2) is 30.6 Å². The van der Waals surface area contributed by atoms with Crippen LogP contribution in [-0.2, 0) is 11.3 Å². The molecule has 0 aliphatic carbocycles. The molecule has 2 aromatic heterocycles. The van der Waals surface area contributed by atoms with Crippen molar-refractivity contribution in [2.24, 2.45) is 0 Å². The number of aromatic nitrogens is 4. The van der Waals surface area contributed by atoms with Gasteiger partial charge in [-0.1, -0.05) is 12.1 Å². The molecule has 3 aromatic rings. The van der Waals surface area contributed by atoms with Crippen LogP contribution in [0.25, 0.3) is 11.2 Å². The van der Waals surface area contributed by atoms with Gasteiger partial charge in [-0.3, -0.25) is 4.57 Å². The van der Waals surface area contributed by atoms with Gasteiger partial charge in [0.2, 0.25) is 5.28 Å².